The van der Waals surface area contributed by atoms with Crippen LogP contribution in [-0.4, -0.2) is 43.8 Å². The van der Waals surface area contributed by atoms with Gasteiger partial charge in [-0.15, -0.1) is 0 Å². The Bertz CT molecular complexity index is 979. The second kappa shape index (κ2) is 11.2. The maximum atomic E-state index is 13.1. The smallest absolute Gasteiger partial charge is 0.359 e. The molecule has 1 N–H and O–H groups in total. The second-order valence-corrected chi connectivity index (χ2v) is 11.0. The van der Waals surface area contributed by atoms with Gasteiger partial charge in [0.1, 0.15) is 11.7 Å². The number of amides is 1. The number of benzene rings is 1. The van der Waals surface area contributed by atoms with Crippen LogP contribution in [0.25, 0.3) is 0 Å². The Labute approximate surface area is 211 Å². The van der Waals surface area contributed by atoms with Crippen molar-refractivity contribution in [3.8, 4) is 6.07 Å². The summed E-state index contributed by atoms with van der Waals surface area (Å²) in [5.74, 6) is -4.04. The first-order chi connectivity index (χ1) is 15.4. The van der Waals surface area contributed by atoms with Crippen LogP contribution in [-0.2, 0) is 30.3 Å². The Morgan fingerprint density at radius 3 is 2.03 bits per heavy atom. The van der Waals surface area contributed by atoms with Crippen LogP contribution in [0.2, 0.25) is 0 Å². The van der Waals surface area contributed by atoms with E-state index in [0.717, 1.165) is 0 Å². The summed E-state index contributed by atoms with van der Waals surface area (Å²) in [6.45, 7) is 7.78. The van der Waals surface area contributed by atoms with Gasteiger partial charge >= 0.3 is 11.9 Å². The Balaban J connectivity index is 3.39. The molecule has 2 atom stereocenters. The molecular weight excluding hydrogens is 513 g/mol. The fourth-order valence-electron chi connectivity index (χ4n) is 2.64. The SMILES string of the molecule is CC(C)C(OC(=O)C(Cl)(Cl)Cl)C(=O)NC(C#N)(Cc1ccc([N+](=O)[O-])cc1)C(=O)OC(C)(C)C. The van der Waals surface area contributed by atoms with Gasteiger partial charge in [-0.2, -0.15) is 5.26 Å². The lowest BCUT2D eigenvalue weighted by Crippen LogP contribution is -2.60. The third-order valence-electron chi connectivity index (χ3n) is 4.22. The number of rotatable bonds is 8. The average Bonchev–Trinajstić information content (AvgIpc) is 2.69. The quantitative estimate of drug-likeness (QED) is 0.228. The van der Waals surface area contributed by atoms with Gasteiger partial charge in [-0.3, -0.25) is 14.9 Å². The first-order valence-corrected chi connectivity index (χ1v) is 11.0. The van der Waals surface area contributed by atoms with Gasteiger partial charge < -0.3 is 14.8 Å². The molecule has 0 aromatic heterocycles. The molecule has 1 rings (SSSR count). The highest BCUT2D eigenvalue weighted by molar-refractivity contribution is 6.75. The monoisotopic (exact) mass is 535 g/mol. The summed E-state index contributed by atoms with van der Waals surface area (Å²) in [6, 6.07) is 6.82. The third-order valence-corrected chi connectivity index (χ3v) is 4.68. The van der Waals surface area contributed by atoms with E-state index in [9.17, 15) is 29.8 Å². The van der Waals surface area contributed by atoms with Crippen LogP contribution in [0.1, 0.15) is 40.2 Å². The van der Waals surface area contributed by atoms with Crippen LogP contribution in [0, 0.1) is 27.4 Å². The van der Waals surface area contributed by atoms with Crippen molar-refractivity contribution in [3.63, 3.8) is 0 Å². The van der Waals surface area contributed by atoms with Crippen molar-refractivity contribution < 1.29 is 28.8 Å². The Morgan fingerprint density at radius 2 is 1.65 bits per heavy atom. The Morgan fingerprint density at radius 1 is 1.12 bits per heavy atom. The number of carbonyl (C=O) groups is 3. The number of hydrogen-bond acceptors (Lipinski definition) is 8. The molecule has 34 heavy (non-hydrogen) atoms. The van der Waals surface area contributed by atoms with Crippen molar-refractivity contribution in [2.45, 2.75) is 62.1 Å². The summed E-state index contributed by atoms with van der Waals surface area (Å²) >= 11 is 16.5. The van der Waals surface area contributed by atoms with E-state index in [2.05, 4.69) is 5.32 Å². The lowest BCUT2D eigenvalue weighted by atomic mass is 9.90. The number of alkyl halides is 3. The topological polar surface area (TPSA) is 149 Å². The van der Waals surface area contributed by atoms with Crippen molar-refractivity contribution in [2.75, 3.05) is 0 Å². The largest absolute Gasteiger partial charge is 0.457 e. The second-order valence-electron chi connectivity index (χ2n) is 8.68. The number of nitro groups is 1. The summed E-state index contributed by atoms with van der Waals surface area (Å²) in [7, 11) is 0. The zero-order valence-electron chi connectivity index (χ0n) is 19.1. The number of nitrogens with zero attached hydrogens (tertiary/aromatic N) is 2. The molecule has 186 valence electrons. The van der Waals surface area contributed by atoms with Crippen LogP contribution in [0.5, 0.6) is 0 Å². The maximum absolute atomic E-state index is 13.1. The minimum Gasteiger partial charge on any atom is -0.457 e. The van der Waals surface area contributed by atoms with E-state index in [0.29, 0.717) is 5.56 Å². The lowest BCUT2D eigenvalue weighted by Gasteiger charge is -2.32. The van der Waals surface area contributed by atoms with Crippen molar-refractivity contribution in [2.24, 2.45) is 5.92 Å². The van der Waals surface area contributed by atoms with E-state index in [-0.39, 0.29) is 5.69 Å². The first-order valence-electron chi connectivity index (χ1n) is 9.89. The first kappa shape index (κ1) is 29.4. The lowest BCUT2D eigenvalue weighted by molar-refractivity contribution is -0.384. The summed E-state index contributed by atoms with van der Waals surface area (Å²) in [5.41, 5.74) is -3.16. The molecule has 1 amide bonds. The molecule has 0 radical (unpaired) electrons. The molecule has 0 spiro atoms. The molecule has 0 saturated carbocycles. The highest BCUT2D eigenvalue weighted by atomic mass is 35.6. The fourth-order valence-corrected chi connectivity index (χ4v) is 2.78. The average molecular weight is 537 g/mol. The number of carbonyl (C=O) groups excluding carboxylic acids is 3. The number of nitriles is 1. The number of nitro benzene ring substituents is 1. The van der Waals surface area contributed by atoms with E-state index in [1.54, 1.807) is 26.8 Å². The zero-order chi connectivity index (χ0) is 26.5. The molecular formula is C21H24Cl3N3O7. The molecule has 0 bridgehead atoms. The minimum atomic E-state index is -2.45. The molecule has 0 heterocycles. The van der Waals surface area contributed by atoms with Gasteiger partial charge in [0.2, 0.25) is 5.54 Å². The van der Waals surface area contributed by atoms with Gasteiger partial charge in [-0.1, -0.05) is 60.8 Å². The van der Waals surface area contributed by atoms with Gasteiger partial charge in [0.15, 0.2) is 6.10 Å². The Kier molecular flexibility index (Phi) is 9.70. The highest BCUT2D eigenvalue weighted by Crippen LogP contribution is 2.29. The van der Waals surface area contributed by atoms with Crippen molar-refractivity contribution in [1.29, 1.82) is 5.26 Å². The molecule has 10 nitrogen and oxygen atoms in total. The predicted molar refractivity (Wildman–Crippen MR) is 124 cm³/mol. The van der Waals surface area contributed by atoms with Crippen LogP contribution in [0.3, 0.4) is 0 Å². The van der Waals surface area contributed by atoms with Crippen molar-refractivity contribution in [1.82, 2.24) is 5.32 Å². The van der Waals surface area contributed by atoms with E-state index in [1.807, 2.05) is 0 Å². The van der Waals surface area contributed by atoms with Gasteiger partial charge in [0.25, 0.3) is 15.4 Å². The number of non-ortho nitro benzene ring substituents is 1. The van der Waals surface area contributed by atoms with Gasteiger partial charge in [0, 0.05) is 18.6 Å². The molecule has 1 aromatic carbocycles. The van der Waals surface area contributed by atoms with Crippen molar-refractivity contribution in [3.05, 3.63) is 39.9 Å². The number of esters is 2. The summed E-state index contributed by atoms with van der Waals surface area (Å²) in [4.78, 5) is 48.4. The van der Waals surface area contributed by atoms with E-state index in [1.165, 1.54) is 38.1 Å². The number of hydrogen-bond donors (Lipinski definition) is 1. The Hall–Kier alpha value is -2.61. The number of nitrogens with one attached hydrogen (secondary N) is 1. The maximum Gasteiger partial charge on any atom is 0.359 e. The van der Waals surface area contributed by atoms with Crippen LogP contribution >= 0.6 is 34.8 Å². The van der Waals surface area contributed by atoms with Gasteiger partial charge in [-0.25, -0.2) is 9.59 Å². The number of halogens is 3. The summed E-state index contributed by atoms with van der Waals surface area (Å²) in [5, 5.41) is 23.2. The fraction of sp³-hybridized carbons (Fsp3) is 0.524. The zero-order valence-corrected chi connectivity index (χ0v) is 21.3. The van der Waals surface area contributed by atoms with E-state index in [4.69, 9.17) is 44.3 Å². The molecule has 0 fully saturated rings. The van der Waals surface area contributed by atoms with Crippen LogP contribution in [0.4, 0.5) is 5.69 Å². The standard InChI is InChI=1S/C21H24Cl3N3O7/c1-12(2)15(33-18(30)21(22,23)24)16(28)26-20(11-25,17(29)34-19(3,4)5)10-13-6-8-14(9-7-13)27(31)32/h6-9,12,15H,10H2,1-5H3,(H,26,28). The predicted octanol–water partition coefficient (Wildman–Crippen LogP) is 3.80. The third kappa shape index (κ3) is 8.31. The summed E-state index contributed by atoms with van der Waals surface area (Å²) < 4.78 is 7.91. The van der Waals surface area contributed by atoms with Crippen molar-refractivity contribution >= 4 is 58.3 Å². The molecule has 1 aromatic rings. The minimum absolute atomic E-state index is 0.203. The van der Waals surface area contributed by atoms with Gasteiger partial charge in [0.05, 0.1) is 4.92 Å². The highest BCUT2D eigenvalue weighted by Gasteiger charge is 2.47. The number of ether oxygens (including phenoxy) is 2. The van der Waals surface area contributed by atoms with E-state index < -0.39 is 56.1 Å². The summed E-state index contributed by atoms with van der Waals surface area (Å²) in [6.07, 6.45) is -1.92. The van der Waals surface area contributed by atoms with E-state index >= 15 is 0 Å². The molecule has 2 unspecified atom stereocenters. The van der Waals surface area contributed by atoms with Gasteiger partial charge in [-0.05, 0) is 32.3 Å². The molecule has 0 aliphatic carbocycles. The van der Waals surface area contributed by atoms with Crippen LogP contribution in [0.15, 0.2) is 24.3 Å². The molecule has 0 aliphatic heterocycles. The molecule has 13 heteroatoms. The van der Waals surface area contributed by atoms with Crippen LogP contribution < -0.4 is 5.32 Å². The normalized spacial score (nSPS) is 14.4. The molecule has 0 saturated heterocycles. The molecule has 0 aliphatic rings.